The van der Waals surface area contributed by atoms with Gasteiger partial charge in [0.1, 0.15) is 5.02 Å². The van der Waals surface area contributed by atoms with E-state index < -0.39 is 20.6 Å². The molecule has 0 amide bonds. The zero-order valence-electron chi connectivity index (χ0n) is 17.1. The highest BCUT2D eigenvalue weighted by Crippen LogP contribution is 2.32. The molecule has 7 N–H and O–H groups in total. The lowest BCUT2D eigenvalue weighted by atomic mass is 10.1. The van der Waals surface area contributed by atoms with Crippen LogP contribution < -0.4 is 5.32 Å². The number of hydrogen-bond acceptors (Lipinski definition) is 7. The third kappa shape index (κ3) is 14.4. The van der Waals surface area contributed by atoms with Gasteiger partial charge in [0.2, 0.25) is 0 Å². The van der Waals surface area contributed by atoms with Gasteiger partial charge in [-0.05, 0) is 25.2 Å². The van der Waals surface area contributed by atoms with E-state index >= 15 is 0 Å². The Hall–Kier alpha value is -1.70. The Balaban J connectivity index is 0.000000805. The van der Waals surface area contributed by atoms with Crippen LogP contribution in [-0.2, 0) is 9.13 Å². The molecule has 1 aromatic carbocycles. The summed E-state index contributed by atoms with van der Waals surface area (Å²) < 4.78 is 17.8. The van der Waals surface area contributed by atoms with Crippen molar-refractivity contribution in [1.29, 1.82) is 0 Å². The molecule has 0 bridgehead atoms. The molecule has 0 aliphatic carbocycles. The molecule has 1 aromatic heterocycles. The first-order valence-corrected chi connectivity index (χ1v) is 12.3. The number of aromatic nitrogens is 1. The molecule has 0 unspecified atom stereocenters. The van der Waals surface area contributed by atoms with Crippen molar-refractivity contribution >= 4 is 49.5 Å². The second-order valence-electron chi connectivity index (χ2n) is 5.92. The molecule has 0 aliphatic rings. The average molecular weight is 519 g/mol. The molecule has 0 saturated heterocycles. The van der Waals surface area contributed by atoms with Gasteiger partial charge in [0, 0.05) is 36.4 Å². The molecule has 32 heavy (non-hydrogen) atoms. The number of rotatable bonds is 7. The Morgan fingerprint density at radius 2 is 1.59 bits per heavy atom. The zero-order chi connectivity index (χ0) is 25.1. The third-order valence-corrected chi connectivity index (χ3v) is 3.95. The highest BCUT2D eigenvalue weighted by atomic mass is 35.5. The van der Waals surface area contributed by atoms with E-state index in [-0.39, 0.29) is 10.7 Å². The summed E-state index contributed by atoms with van der Waals surface area (Å²) in [4.78, 5) is 60.2. The minimum Gasteiger partial charge on any atom is -0.383 e. The molecule has 2 aromatic rings. The van der Waals surface area contributed by atoms with Crippen LogP contribution in [0.1, 0.15) is 13.8 Å². The van der Waals surface area contributed by atoms with Crippen molar-refractivity contribution in [2.75, 3.05) is 31.5 Å². The van der Waals surface area contributed by atoms with Gasteiger partial charge in [-0.3, -0.25) is 15.1 Å². The van der Waals surface area contributed by atoms with Gasteiger partial charge in [0.15, 0.2) is 0 Å². The summed E-state index contributed by atoms with van der Waals surface area (Å²) in [6, 6.07) is 4.83. The van der Waals surface area contributed by atoms with Gasteiger partial charge in [-0.1, -0.05) is 25.4 Å². The van der Waals surface area contributed by atoms with Gasteiger partial charge in [-0.2, -0.15) is 0 Å². The van der Waals surface area contributed by atoms with Crippen molar-refractivity contribution in [2.45, 2.75) is 13.8 Å². The van der Waals surface area contributed by atoms with Gasteiger partial charge in [-0.25, -0.2) is 9.13 Å². The number of nitro benzene ring substituents is 1. The Kier molecular flexibility index (Phi) is 13.0. The molecule has 17 heteroatoms. The maximum Gasteiger partial charge on any atom is 0.466 e. The molecule has 0 radical (unpaired) electrons. The molecule has 14 nitrogen and oxygen atoms in total. The molecule has 0 saturated carbocycles. The predicted molar refractivity (Wildman–Crippen MR) is 118 cm³/mol. The fraction of sp³-hybridized carbons (Fsp3) is 0.400. The largest absolute Gasteiger partial charge is 0.466 e. The number of phosphoric acid groups is 2. The van der Waals surface area contributed by atoms with Gasteiger partial charge in [-0.15, -0.1) is 0 Å². The summed E-state index contributed by atoms with van der Waals surface area (Å²) in [5.74, 6) is 0. The molecule has 0 spiro atoms. The quantitative estimate of drug-likeness (QED) is 0.157. The second-order valence-corrected chi connectivity index (χ2v) is 8.38. The van der Waals surface area contributed by atoms with Crippen LogP contribution in [0.4, 0.5) is 11.4 Å². The van der Waals surface area contributed by atoms with E-state index in [1.807, 2.05) is 6.07 Å². The summed E-state index contributed by atoms with van der Waals surface area (Å²) in [6.07, 6.45) is 1.67. The lowest BCUT2D eigenvalue weighted by molar-refractivity contribution is -0.384. The first-order valence-electron chi connectivity index (χ1n) is 8.82. The molecule has 0 aliphatic heterocycles. The zero-order valence-corrected chi connectivity index (χ0v) is 19.6. The van der Waals surface area contributed by atoms with Gasteiger partial charge >= 0.3 is 15.6 Å². The topological polar surface area (TPSA) is 227 Å². The number of benzene rings is 1. The summed E-state index contributed by atoms with van der Waals surface area (Å²) in [5.41, 5.74) is 1.37. The maximum absolute atomic E-state index is 11.0. The van der Waals surface area contributed by atoms with E-state index in [2.05, 4.69) is 29.0 Å². The van der Waals surface area contributed by atoms with E-state index in [1.165, 1.54) is 12.1 Å². The Bertz CT molecular complexity index is 944. The van der Waals surface area contributed by atoms with Gasteiger partial charge < -0.3 is 39.6 Å². The molecule has 0 fully saturated rings. The molecule has 2 rings (SSSR count). The van der Waals surface area contributed by atoms with E-state index in [9.17, 15) is 10.1 Å². The van der Waals surface area contributed by atoms with Crippen LogP contribution in [0.5, 0.6) is 0 Å². The number of nitrogens with zero attached hydrogens (tertiary/aromatic N) is 3. The van der Waals surface area contributed by atoms with Crippen LogP contribution in [0.15, 0.2) is 24.4 Å². The van der Waals surface area contributed by atoms with Crippen LogP contribution in [0.2, 0.25) is 5.02 Å². The third-order valence-electron chi connectivity index (χ3n) is 3.64. The normalized spacial score (nSPS) is 11.3. The van der Waals surface area contributed by atoms with Crippen molar-refractivity contribution in [1.82, 2.24) is 9.88 Å². The highest BCUT2D eigenvalue weighted by Gasteiger charge is 2.15. The maximum atomic E-state index is 11.0. The van der Waals surface area contributed by atoms with Crippen LogP contribution in [-0.4, -0.2) is 70.3 Å². The van der Waals surface area contributed by atoms with Crippen molar-refractivity contribution < 1.29 is 43.4 Å². The van der Waals surface area contributed by atoms with Crippen molar-refractivity contribution in [2.24, 2.45) is 0 Å². The second kappa shape index (κ2) is 13.8. The minimum atomic E-state index is -4.64. The number of hydrogen-bond donors (Lipinski definition) is 7. The first-order chi connectivity index (χ1) is 14.6. The number of anilines is 1. The SMILES string of the molecule is CCN(CC)CCNc1ccnc2cc(Cl)c([N+](=O)[O-])cc12.O=P(O)(O)O.O=P(O)(O)O. The summed E-state index contributed by atoms with van der Waals surface area (Å²) >= 11 is 5.93. The van der Waals surface area contributed by atoms with Crippen molar-refractivity contribution in [3.8, 4) is 0 Å². The van der Waals surface area contributed by atoms with Gasteiger partial charge in [0.05, 0.1) is 10.4 Å². The molecular weight excluding hydrogens is 494 g/mol. The molecule has 1 heterocycles. The van der Waals surface area contributed by atoms with Gasteiger partial charge in [0.25, 0.3) is 5.69 Å². The first kappa shape index (κ1) is 30.3. The fourth-order valence-electron chi connectivity index (χ4n) is 2.34. The van der Waals surface area contributed by atoms with Crippen LogP contribution in [0, 0.1) is 10.1 Å². The van der Waals surface area contributed by atoms with Crippen molar-refractivity contribution in [3.05, 3.63) is 39.5 Å². The Labute approximate surface area is 188 Å². The molecule has 182 valence electrons. The number of nitrogens with one attached hydrogen (secondary N) is 1. The summed E-state index contributed by atoms with van der Waals surface area (Å²) in [5, 5.41) is 15.2. The smallest absolute Gasteiger partial charge is 0.383 e. The summed E-state index contributed by atoms with van der Waals surface area (Å²) in [6.45, 7) is 7.91. The van der Waals surface area contributed by atoms with E-state index in [0.29, 0.717) is 10.9 Å². The number of nitro groups is 1. The minimum absolute atomic E-state index is 0.102. The predicted octanol–water partition coefficient (Wildman–Crippen LogP) is 1.69. The highest BCUT2D eigenvalue weighted by molar-refractivity contribution is 7.45. The van der Waals surface area contributed by atoms with E-state index in [0.717, 1.165) is 31.9 Å². The number of likely N-dealkylation sites (N-methyl/N-ethyl adjacent to an activating group) is 1. The fourth-order valence-corrected chi connectivity index (χ4v) is 2.57. The van der Waals surface area contributed by atoms with Crippen LogP contribution in [0.25, 0.3) is 10.9 Å². The lowest BCUT2D eigenvalue weighted by Crippen LogP contribution is -2.28. The summed E-state index contributed by atoms with van der Waals surface area (Å²) in [7, 11) is -9.28. The Morgan fingerprint density at radius 3 is 2.03 bits per heavy atom. The average Bonchev–Trinajstić information content (AvgIpc) is 2.61. The standard InChI is InChI=1S/C15H19ClN4O2.2H3O4P/c1-3-19(4-2)8-7-18-13-5-6-17-14-10-12(16)15(20(21)22)9-11(13)14;2*1-5(2,3)4/h5-6,9-10H,3-4,7-8H2,1-2H3,(H,17,18);2*(H3,1,2,3,4). The van der Waals surface area contributed by atoms with Crippen LogP contribution in [0.3, 0.4) is 0 Å². The van der Waals surface area contributed by atoms with E-state index in [1.54, 1.807) is 6.20 Å². The molecule has 0 atom stereocenters. The van der Waals surface area contributed by atoms with Crippen LogP contribution >= 0.6 is 27.2 Å². The van der Waals surface area contributed by atoms with E-state index in [4.69, 9.17) is 50.1 Å². The number of pyridine rings is 1. The Morgan fingerprint density at radius 1 is 1.09 bits per heavy atom. The van der Waals surface area contributed by atoms with Crippen molar-refractivity contribution in [3.63, 3.8) is 0 Å². The molecular formula is C15H25ClN4O10P2. The number of fused-ring (bicyclic) bond motifs is 1. The number of halogens is 1. The monoisotopic (exact) mass is 518 g/mol. The lowest BCUT2D eigenvalue weighted by Gasteiger charge is -2.18.